The summed E-state index contributed by atoms with van der Waals surface area (Å²) < 4.78 is 39.5. The van der Waals surface area contributed by atoms with Gasteiger partial charge in [-0.1, -0.05) is 39.9 Å². The number of nitrogen functional groups attached to an aromatic ring is 2. The molecule has 0 aliphatic carbocycles. The highest BCUT2D eigenvalue weighted by molar-refractivity contribution is 8.03. The number of aromatic nitrogens is 2. The van der Waals surface area contributed by atoms with Crippen molar-refractivity contribution in [2.24, 2.45) is 5.16 Å². The first-order chi connectivity index (χ1) is 17.3. The predicted molar refractivity (Wildman–Crippen MR) is 126 cm³/mol. The summed E-state index contributed by atoms with van der Waals surface area (Å²) in [4.78, 5) is 46.0. The van der Waals surface area contributed by atoms with Crippen molar-refractivity contribution < 1.29 is 37.9 Å². The summed E-state index contributed by atoms with van der Waals surface area (Å²) in [6.45, 7) is 0. The van der Waals surface area contributed by atoms with Crippen LogP contribution in [0.1, 0.15) is 24.1 Å². The number of nitrogens with one attached hydrogen (secondary N) is 1. The SMILES string of the molecule is Nc1nc(/C(=N/O)C(=O)N[C@@H]2C(=O)N3C(C(=O)O)=C(Sc4cnc(N)c(C(F)(F)F)c4)CCC23)c(Cl)s1. The number of carboxylic acid groups (broad SMARTS) is 1. The minimum atomic E-state index is -4.76. The summed E-state index contributed by atoms with van der Waals surface area (Å²) in [6, 6.07) is -1.17. The second-order valence-corrected chi connectivity index (χ2v) is 10.5. The molecule has 196 valence electrons. The zero-order valence-corrected chi connectivity index (χ0v) is 20.5. The molecule has 0 saturated carbocycles. The van der Waals surface area contributed by atoms with E-state index in [9.17, 15) is 37.9 Å². The number of carboxylic acids is 1. The zero-order chi connectivity index (χ0) is 27.2. The van der Waals surface area contributed by atoms with Crippen molar-refractivity contribution in [3.05, 3.63) is 38.5 Å². The monoisotopic (exact) mass is 577 g/mol. The van der Waals surface area contributed by atoms with Crippen molar-refractivity contribution in [3.63, 3.8) is 0 Å². The summed E-state index contributed by atoms with van der Waals surface area (Å²) in [7, 11) is 0. The summed E-state index contributed by atoms with van der Waals surface area (Å²) in [5, 5.41) is 24.3. The Balaban J connectivity index is 1.56. The molecule has 12 nitrogen and oxygen atoms in total. The van der Waals surface area contributed by atoms with E-state index in [1.54, 1.807) is 0 Å². The number of fused-ring (bicyclic) bond motifs is 1. The first kappa shape index (κ1) is 26.5. The maximum atomic E-state index is 13.2. The van der Waals surface area contributed by atoms with Gasteiger partial charge in [-0.15, -0.1) is 0 Å². The number of nitrogens with two attached hydrogens (primary N) is 2. The van der Waals surface area contributed by atoms with Crippen molar-refractivity contribution in [1.82, 2.24) is 20.2 Å². The first-order valence-corrected chi connectivity index (χ1v) is 12.1. The van der Waals surface area contributed by atoms with Gasteiger partial charge in [0, 0.05) is 16.0 Å². The Hall–Kier alpha value is -3.57. The fourth-order valence-electron chi connectivity index (χ4n) is 3.88. The normalized spacial score (nSPS) is 19.9. The fraction of sp³-hybridized carbons (Fsp3) is 0.263. The topological polar surface area (TPSA) is 197 Å². The molecule has 0 spiro atoms. The molecule has 4 heterocycles. The van der Waals surface area contributed by atoms with Crippen LogP contribution in [0.2, 0.25) is 4.34 Å². The number of β-lactam (4-membered cyclic amide) rings is 1. The van der Waals surface area contributed by atoms with Crippen LogP contribution in [0.4, 0.5) is 24.1 Å². The van der Waals surface area contributed by atoms with Crippen molar-refractivity contribution in [1.29, 1.82) is 0 Å². The number of halogens is 4. The first-order valence-electron chi connectivity index (χ1n) is 10.1. The minimum absolute atomic E-state index is 0.00653. The van der Waals surface area contributed by atoms with Crippen LogP contribution in [0.3, 0.4) is 0 Å². The van der Waals surface area contributed by atoms with Crippen LogP contribution >= 0.6 is 34.7 Å². The van der Waals surface area contributed by atoms with Gasteiger partial charge >= 0.3 is 12.1 Å². The highest BCUT2D eigenvalue weighted by Gasteiger charge is 2.54. The number of anilines is 2. The number of aliphatic carboxylic acids is 1. The Labute approximate surface area is 218 Å². The number of thiazole rings is 1. The lowest BCUT2D eigenvalue weighted by atomic mass is 9.86. The smallest absolute Gasteiger partial charge is 0.419 e. The number of amides is 2. The number of pyridine rings is 1. The van der Waals surface area contributed by atoms with E-state index >= 15 is 0 Å². The molecule has 18 heteroatoms. The number of hydrogen-bond acceptors (Lipinski definition) is 11. The van der Waals surface area contributed by atoms with Gasteiger partial charge in [0.25, 0.3) is 11.8 Å². The van der Waals surface area contributed by atoms with E-state index in [1.165, 1.54) is 0 Å². The van der Waals surface area contributed by atoms with E-state index in [1.807, 2.05) is 0 Å². The Morgan fingerprint density at radius 3 is 2.62 bits per heavy atom. The maximum Gasteiger partial charge on any atom is 0.419 e. The lowest BCUT2D eigenvalue weighted by Crippen LogP contribution is -2.72. The summed E-state index contributed by atoms with van der Waals surface area (Å²) in [5.41, 5.74) is 8.46. The molecule has 2 aromatic rings. The number of rotatable bonds is 6. The van der Waals surface area contributed by atoms with E-state index in [-0.39, 0.29) is 37.8 Å². The van der Waals surface area contributed by atoms with Crippen LogP contribution in [0, 0.1) is 0 Å². The van der Waals surface area contributed by atoms with E-state index in [4.69, 9.17) is 23.1 Å². The van der Waals surface area contributed by atoms with Gasteiger partial charge < -0.3 is 27.1 Å². The Kier molecular flexibility index (Phi) is 6.95. The molecule has 7 N–H and O–H groups in total. The molecule has 2 aromatic heterocycles. The predicted octanol–water partition coefficient (Wildman–Crippen LogP) is 2.13. The van der Waals surface area contributed by atoms with Crippen molar-refractivity contribution in [2.75, 3.05) is 11.5 Å². The molecular weight excluding hydrogens is 563 g/mol. The van der Waals surface area contributed by atoms with Gasteiger partial charge in [0.1, 0.15) is 27.6 Å². The van der Waals surface area contributed by atoms with Crippen LogP contribution in [-0.2, 0) is 20.6 Å². The molecule has 2 amide bonds. The number of oxime groups is 1. The van der Waals surface area contributed by atoms with Gasteiger partial charge in [0.05, 0.1) is 11.6 Å². The van der Waals surface area contributed by atoms with Gasteiger partial charge in [-0.2, -0.15) is 13.2 Å². The Morgan fingerprint density at radius 1 is 1.35 bits per heavy atom. The molecule has 2 aliphatic rings. The zero-order valence-electron chi connectivity index (χ0n) is 18.1. The summed E-state index contributed by atoms with van der Waals surface area (Å²) in [5.74, 6) is -3.98. The number of nitrogens with zero attached hydrogens (tertiary/aromatic N) is 4. The Bertz CT molecular complexity index is 1380. The number of carbonyl (C=O) groups excluding carboxylic acids is 2. The van der Waals surface area contributed by atoms with E-state index < -0.39 is 58.8 Å². The summed E-state index contributed by atoms with van der Waals surface area (Å²) >= 11 is 7.50. The number of allylic oxidation sites excluding steroid dienone is 1. The van der Waals surface area contributed by atoms with Gasteiger partial charge in [-0.25, -0.2) is 14.8 Å². The average Bonchev–Trinajstić information content (AvgIpc) is 3.15. The van der Waals surface area contributed by atoms with Gasteiger partial charge in [-0.05, 0) is 18.9 Å². The van der Waals surface area contributed by atoms with Crippen LogP contribution in [0.25, 0.3) is 0 Å². The quantitative estimate of drug-likeness (QED) is 0.147. The highest BCUT2D eigenvalue weighted by atomic mass is 35.5. The Morgan fingerprint density at radius 2 is 2.05 bits per heavy atom. The van der Waals surface area contributed by atoms with Gasteiger partial charge in [0.15, 0.2) is 10.8 Å². The third-order valence-corrected chi connectivity index (χ3v) is 7.65. The molecule has 2 aliphatic heterocycles. The number of thioether (sulfide) groups is 1. The molecule has 0 radical (unpaired) electrons. The second-order valence-electron chi connectivity index (χ2n) is 7.67. The molecular formula is C19H15ClF3N7O5S2. The fourth-order valence-corrected chi connectivity index (χ4v) is 5.88. The number of carbonyl (C=O) groups is 3. The van der Waals surface area contributed by atoms with Crippen molar-refractivity contribution in [2.45, 2.75) is 36.0 Å². The van der Waals surface area contributed by atoms with Gasteiger partial charge in [-0.3, -0.25) is 14.5 Å². The molecule has 1 unspecified atom stereocenters. The van der Waals surface area contributed by atoms with Crippen molar-refractivity contribution >= 4 is 69.1 Å². The highest BCUT2D eigenvalue weighted by Crippen LogP contribution is 2.44. The molecule has 37 heavy (non-hydrogen) atoms. The average molecular weight is 578 g/mol. The van der Waals surface area contributed by atoms with E-state index in [0.717, 1.165) is 40.3 Å². The standard InChI is InChI=1S/C19H15ClF3N7O5S2/c20-13-10(28-18(25)37-13)11(29-35)15(31)27-9-7-1-2-8(12(17(33)34)30(7)16(9)32)36-5-3-6(19(21,22)23)14(24)26-4-5/h3-4,7,9,35H,1-2H2,(H2,24,26)(H2,25,28)(H,27,31)(H,33,34)/b29-11-/t7?,9-/m0/s1. The van der Waals surface area contributed by atoms with Crippen LogP contribution in [0.5, 0.6) is 0 Å². The molecule has 0 bridgehead atoms. The second kappa shape index (κ2) is 9.71. The van der Waals surface area contributed by atoms with Gasteiger partial charge in [0.2, 0.25) is 0 Å². The molecule has 2 atom stereocenters. The molecule has 4 rings (SSSR count). The molecule has 0 aromatic carbocycles. The third-order valence-electron chi connectivity index (χ3n) is 5.46. The van der Waals surface area contributed by atoms with Crippen molar-refractivity contribution in [3.8, 4) is 0 Å². The number of alkyl halides is 3. The van der Waals surface area contributed by atoms with Crippen LogP contribution in [0.15, 0.2) is 32.9 Å². The number of hydrogen-bond donors (Lipinski definition) is 5. The van der Waals surface area contributed by atoms with E-state index in [2.05, 4.69) is 20.4 Å². The van der Waals surface area contributed by atoms with E-state index in [0.29, 0.717) is 0 Å². The van der Waals surface area contributed by atoms with Crippen LogP contribution < -0.4 is 16.8 Å². The molecule has 1 fully saturated rings. The lowest BCUT2D eigenvalue weighted by Gasteiger charge is -2.50. The maximum absolute atomic E-state index is 13.2. The van der Waals surface area contributed by atoms with Crippen LogP contribution in [-0.4, -0.2) is 60.8 Å². The molecule has 1 saturated heterocycles. The minimum Gasteiger partial charge on any atom is -0.477 e. The lowest BCUT2D eigenvalue weighted by molar-refractivity contribution is -0.155. The summed E-state index contributed by atoms with van der Waals surface area (Å²) in [6.07, 6.45) is -3.44. The third kappa shape index (κ3) is 4.88. The largest absolute Gasteiger partial charge is 0.477 e.